The Hall–Kier alpha value is -1.36. The Morgan fingerprint density at radius 2 is 2.30 bits per heavy atom. The molecule has 1 aliphatic heterocycles. The predicted molar refractivity (Wildman–Crippen MR) is 73.6 cm³/mol. The van der Waals surface area contributed by atoms with Crippen LogP contribution in [0.2, 0.25) is 0 Å². The fraction of sp³-hybridized carbons (Fsp3) is 0.733. The van der Waals surface area contributed by atoms with Crippen LogP contribution in [0.4, 0.5) is 0 Å². The molecule has 0 unspecified atom stereocenters. The van der Waals surface area contributed by atoms with E-state index in [0.717, 1.165) is 69.7 Å². The van der Waals surface area contributed by atoms with Crippen LogP contribution in [0.3, 0.4) is 0 Å². The molecule has 2 heterocycles. The van der Waals surface area contributed by atoms with Crippen molar-refractivity contribution in [2.75, 3.05) is 26.3 Å². The Morgan fingerprint density at radius 1 is 1.45 bits per heavy atom. The lowest BCUT2D eigenvalue weighted by Crippen LogP contribution is -2.30. The van der Waals surface area contributed by atoms with Gasteiger partial charge >= 0.3 is 0 Å². The molecule has 0 N–H and O–H groups in total. The number of aryl methyl sites for hydroxylation is 1. The van der Waals surface area contributed by atoms with E-state index in [2.05, 4.69) is 5.16 Å². The molecule has 0 radical (unpaired) electrons. The topological polar surface area (TPSA) is 55.6 Å². The molecule has 3 rings (SSSR count). The zero-order valence-corrected chi connectivity index (χ0v) is 12.1. The van der Waals surface area contributed by atoms with Gasteiger partial charge in [-0.1, -0.05) is 5.16 Å². The fourth-order valence-corrected chi connectivity index (χ4v) is 3.14. The second-order valence-electron chi connectivity index (χ2n) is 5.71. The summed E-state index contributed by atoms with van der Waals surface area (Å²) in [5.41, 5.74) is 2.04. The number of carbonyl (C=O) groups is 1. The van der Waals surface area contributed by atoms with E-state index in [1.54, 1.807) is 0 Å². The van der Waals surface area contributed by atoms with Crippen LogP contribution in [-0.2, 0) is 17.6 Å². The number of ether oxygens (including phenoxy) is 1. The Balaban J connectivity index is 1.66. The third-order valence-electron chi connectivity index (χ3n) is 4.28. The van der Waals surface area contributed by atoms with Crippen molar-refractivity contribution in [3.8, 4) is 0 Å². The first-order valence-corrected chi connectivity index (χ1v) is 7.64. The van der Waals surface area contributed by atoms with Crippen molar-refractivity contribution in [2.24, 2.45) is 5.92 Å². The minimum absolute atomic E-state index is 0.0136. The highest BCUT2D eigenvalue weighted by Gasteiger charge is 2.32. The summed E-state index contributed by atoms with van der Waals surface area (Å²) < 4.78 is 10.8. The monoisotopic (exact) mass is 278 g/mol. The van der Waals surface area contributed by atoms with Gasteiger partial charge in [0.2, 0.25) is 5.76 Å². The fourth-order valence-electron chi connectivity index (χ4n) is 3.14. The average Bonchev–Trinajstić information content (AvgIpc) is 3.11. The molecule has 5 nitrogen and oxygen atoms in total. The van der Waals surface area contributed by atoms with E-state index in [4.69, 9.17) is 9.26 Å². The number of hydrogen-bond acceptors (Lipinski definition) is 4. The molecule has 1 fully saturated rings. The summed E-state index contributed by atoms with van der Waals surface area (Å²) in [5.74, 6) is 0.953. The molecular weight excluding hydrogens is 256 g/mol. The van der Waals surface area contributed by atoms with Gasteiger partial charge < -0.3 is 14.2 Å². The van der Waals surface area contributed by atoms with Crippen LogP contribution < -0.4 is 0 Å². The van der Waals surface area contributed by atoms with Crippen molar-refractivity contribution >= 4 is 5.91 Å². The van der Waals surface area contributed by atoms with Crippen molar-refractivity contribution < 1.29 is 14.1 Å². The minimum atomic E-state index is 0.0136. The van der Waals surface area contributed by atoms with E-state index in [1.165, 1.54) is 0 Å². The van der Waals surface area contributed by atoms with Gasteiger partial charge in [-0.3, -0.25) is 4.79 Å². The smallest absolute Gasteiger partial charge is 0.292 e. The number of likely N-dealkylation sites (tertiary alicyclic amines) is 1. The number of amides is 1. The predicted octanol–water partition coefficient (Wildman–Crippen LogP) is 2.05. The van der Waals surface area contributed by atoms with Gasteiger partial charge in [0.05, 0.1) is 12.3 Å². The lowest BCUT2D eigenvalue weighted by Gasteiger charge is -2.16. The molecule has 110 valence electrons. The molecule has 1 aliphatic carbocycles. The molecule has 0 saturated carbocycles. The highest BCUT2D eigenvalue weighted by atomic mass is 16.5. The summed E-state index contributed by atoms with van der Waals surface area (Å²) in [6.07, 6.45) is 5.16. The van der Waals surface area contributed by atoms with Gasteiger partial charge in [0, 0.05) is 31.2 Å². The molecule has 1 aromatic heterocycles. The summed E-state index contributed by atoms with van der Waals surface area (Å²) in [6.45, 7) is 5.05. The second-order valence-corrected chi connectivity index (χ2v) is 5.71. The van der Waals surface area contributed by atoms with Crippen molar-refractivity contribution in [2.45, 2.75) is 39.0 Å². The highest BCUT2D eigenvalue weighted by Crippen LogP contribution is 2.26. The lowest BCUT2D eigenvalue weighted by atomic mass is 9.96. The van der Waals surface area contributed by atoms with E-state index >= 15 is 0 Å². The van der Waals surface area contributed by atoms with Crippen LogP contribution >= 0.6 is 0 Å². The van der Waals surface area contributed by atoms with Gasteiger partial charge in [0.15, 0.2) is 0 Å². The lowest BCUT2D eigenvalue weighted by molar-refractivity contribution is 0.0722. The van der Waals surface area contributed by atoms with Crippen LogP contribution in [0.25, 0.3) is 0 Å². The molecule has 0 bridgehead atoms. The maximum atomic E-state index is 12.6. The zero-order chi connectivity index (χ0) is 13.9. The average molecular weight is 278 g/mol. The van der Waals surface area contributed by atoms with Gasteiger partial charge in [-0.25, -0.2) is 0 Å². The van der Waals surface area contributed by atoms with Crippen molar-refractivity contribution in [1.82, 2.24) is 10.1 Å². The van der Waals surface area contributed by atoms with Crippen LogP contribution in [0.1, 0.15) is 48.0 Å². The Labute approximate surface area is 119 Å². The summed E-state index contributed by atoms with van der Waals surface area (Å²) in [7, 11) is 0. The first-order valence-electron chi connectivity index (χ1n) is 7.64. The van der Waals surface area contributed by atoms with Gasteiger partial charge in [0.1, 0.15) is 0 Å². The van der Waals surface area contributed by atoms with Crippen molar-refractivity contribution in [3.05, 3.63) is 17.0 Å². The SMILES string of the molecule is CCOC[C@@H]1CCN(C(=O)c2onc3c2CCCC3)C1. The summed E-state index contributed by atoms with van der Waals surface area (Å²) in [5, 5.41) is 4.07. The van der Waals surface area contributed by atoms with Crippen molar-refractivity contribution in [3.63, 3.8) is 0 Å². The summed E-state index contributed by atoms with van der Waals surface area (Å²) in [6, 6.07) is 0. The van der Waals surface area contributed by atoms with E-state index in [1.807, 2.05) is 11.8 Å². The number of nitrogens with zero attached hydrogens (tertiary/aromatic N) is 2. The molecule has 1 atom stereocenters. The molecule has 0 aromatic carbocycles. The molecular formula is C15H22N2O3. The van der Waals surface area contributed by atoms with E-state index in [-0.39, 0.29) is 5.91 Å². The second kappa shape index (κ2) is 5.95. The first-order chi connectivity index (χ1) is 9.79. The van der Waals surface area contributed by atoms with E-state index < -0.39 is 0 Å². The Morgan fingerprint density at radius 3 is 3.15 bits per heavy atom. The largest absolute Gasteiger partial charge is 0.381 e. The summed E-state index contributed by atoms with van der Waals surface area (Å²) >= 11 is 0. The number of rotatable bonds is 4. The van der Waals surface area contributed by atoms with Crippen molar-refractivity contribution in [1.29, 1.82) is 0 Å². The number of aromatic nitrogens is 1. The maximum absolute atomic E-state index is 12.6. The van der Waals surface area contributed by atoms with Gasteiger partial charge in [-0.05, 0) is 39.0 Å². The van der Waals surface area contributed by atoms with E-state index in [9.17, 15) is 4.79 Å². The standard InChI is InChI=1S/C15H22N2O3/c1-2-19-10-11-7-8-17(9-11)15(18)14-12-5-3-4-6-13(12)16-20-14/h11H,2-10H2,1H3/t11-/m1/s1. The normalized spacial score (nSPS) is 22.1. The van der Waals surface area contributed by atoms with Crippen LogP contribution in [0.5, 0.6) is 0 Å². The van der Waals surface area contributed by atoms with Gasteiger partial charge in [0.25, 0.3) is 5.91 Å². The van der Waals surface area contributed by atoms with Gasteiger partial charge in [-0.15, -0.1) is 0 Å². The number of fused-ring (bicyclic) bond motifs is 1. The Kier molecular flexibility index (Phi) is 4.05. The number of carbonyl (C=O) groups excluding carboxylic acids is 1. The molecule has 5 heteroatoms. The van der Waals surface area contributed by atoms with Crippen LogP contribution in [-0.4, -0.2) is 42.3 Å². The molecule has 2 aliphatic rings. The number of hydrogen-bond donors (Lipinski definition) is 0. The zero-order valence-electron chi connectivity index (χ0n) is 12.1. The highest BCUT2D eigenvalue weighted by molar-refractivity contribution is 5.93. The first kappa shape index (κ1) is 13.6. The van der Waals surface area contributed by atoms with Crippen LogP contribution in [0.15, 0.2) is 4.52 Å². The molecule has 1 aromatic rings. The van der Waals surface area contributed by atoms with E-state index in [0.29, 0.717) is 11.7 Å². The minimum Gasteiger partial charge on any atom is -0.381 e. The molecule has 20 heavy (non-hydrogen) atoms. The molecule has 0 spiro atoms. The Bertz CT molecular complexity index is 483. The molecule has 1 saturated heterocycles. The quantitative estimate of drug-likeness (QED) is 0.846. The summed E-state index contributed by atoms with van der Waals surface area (Å²) in [4.78, 5) is 14.4. The molecule has 1 amide bonds. The third kappa shape index (κ3) is 2.59. The third-order valence-corrected chi connectivity index (χ3v) is 4.28. The maximum Gasteiger partial charge on any atom is 0.292 e. The van der Waals surface area contributed by atoms with Gasteiger partial charge in [-0.2, -0.15) is 0 Å². The van der Waals surface area contributed by atoms with Crippen LogP contribution in [0, 0.1) is 5.92 Å².